The number of nitrogen functional groups attached to an aromatic ring is 1. The largest absolute Gasteiger partial charge is 0.367 e. The summed E-state index contributed by atoms with van der Waals surface area (Å²) in [5.41, 5.74) is 5.49. The third-order valence-corrected chi connectivity index (χ3v) is 4.51. The molecule has 2 aromatic rings. The first-order valence-corrected chi connectivity index (χ1v) is 7.80. The zero-order chi connectivity index (χ0) is 14.7. The molecule has 1 heterocycles. The maximum Gasteiger partial charge on any atom is 0.294 e. The molecule has 1 amide bonds. The highest BCUT2D eigenvalue weighted by Crippen LogP contribution is 2.32. The Labute approximate surface area is 127 Å². The van der Waals surface area contributed by atoms with Gasteiger partial charge in [-0.05, 0) is 30.4 Å². The molecule has 0 spiro atoms. The Bertz CT molecular complexity index is 641. The highest BCUT2D eigenvalue weighted by molar-refractivity contribution is 7.11. The zero-order valence-corrected chi connectivity index (χ0v) is 12.4. The van der Waals surface area contributed by atoms with Crippen molar-refractivity contribution in [2.24, 2.45) is 5.84 Å². The number of nitrogens with zero attached hydrogens (tertiary/aromatic N) is 1. The molecular formula is C15H17N3O2S. The Kier molecular flexibility index (Phi) is 4.28. The van der Waals surface area contributed by atoms with Crippen LogP contribution in [0.3, 0.4) is 0 Å². The molecule has 3 N–H and O–H groups in total. The van der Waals surface area contributed by atoms with Crippen molar-refractivity contribution in [1.29, 1.82) is 0 Å². The molecule has 1 aromatic heterocycles. The van der Waals surface area contributed by atoms with Gasteiger partial charge in [0.25, 0.3) is 5.91 Å². The molecular weight excluding hydrogens is 286 g/mol. The number of aryl methyl sites for hydroxylation is 1. The van der Waals surface area contributed by atoms with Crippen molar-refractivity contribution in [3.05, 3.63) is 51.5 Å². The van der Waals surface area contributed by atoms with Gasteiger partial charge in [0.1, 0.15) is 0 Å². The van der Waals surface area contributed by atoms with E-state index < -0.39 is 0 Å². The number of thiazole rings is 1. The third-order valence-electron chi connectivity index (χ3n) is 3.62. The monoisotopic (exact) mass is 303 g/mol. The molecule has 0 saturated heterocycles. The van der Waals surface area contributed by atoms with Gasteiger partial charge >= 0.3 is 0 Å². The van der Waals surface area contributed by atoms with Gasteiger partial charge in [0.15, 0.2) is 5.01 Å². The van der Waals surface area contributed by atoms with E-state index in [4.69, 9.17) is 10.6 Å². The lowest BCUT2D eigenvalue weighted by molar-refractivity contribution is 0.0267. The summed E-state index contributed by atoms with van der Waals surface area (Å²) in [7, 11) is 0. The van der Waals surface area contributed by atoms with Crippen molar-refractivity contribution < 1.29 is 9.53 Å². The number of nitrogens with two attached hydrogens (primary N) is 1. The number of carbonyl (C=O) groups is 1. The van der Waals surface area contributed by atoms with Crippen LogP contribution < -0.4 is 11.3 Å². The molecule has 1 atom stereocenters. The molecule has 0 radical (unpaired) electrons. The number of hydrogen-bond donors (Lipinski definition) is 2. The molecule has 21 heavy (non-hydrogen) atoms. The van der Waals surface area contributed by atoms with Gasteiger partial charge in [-0.15, -0.1) is 11.3 Å². The van der Waals surface area contributed by atoms with E-state index in [2.05, 4.69) is 28.6 Å². The summed E-state index contributed by atoms with van der Waals surface area (Å²) in [6.07, 6.45) is 3.40. The Morgan fingerprint density at radius 2 is 2.33 bits per heavy atom. The van der Waals surface area contributed by atoms with E-state index >= 15 is 0 Å². The maximum atomic E-state index is 11.4. The lowest BCUT2D eigenvalue weighted by Gasteiger charge is -2.25. The number of hydrazine groups is 1. The Morgan fingerprint density at radius 1 is 1.48 bits per heavy atom. The van der Waals surface area contributed by atoms with Crippen molar-refractivity contribution in [3.63, 3.8) is 0 Å². The predicted molar refractivity (Wildman–Crippen MR) is 80.7 cm³/mol. The number of amides is 1. The molecule has 0 saturated carbocycles. The Morgan fingerprint density at radius 3 is 3.19 bits per heavy atom. The van der Waals surface area contributed by atoms with Gasteiger partial charge < -0.3 is 4.74 Å². The average Bonchev–Trinajstić information content (AvgIpc) is 3.01. The van der Waals surface area contributed by atoms with Crippen LogP contribution in [0.4, 0.5) is 0 Å². The lowest BCUT2D eigenvalue weighted by Crippen LogP contribution is -2.29. The molecule has 5 nitrogen and oxygen atoms in total. The van der Waals surface area contributed by atoms with Gasteiger partial charge in [0.05, 0.1) is 18.4 Å². The van der Waals surface area contributed by atoms with Crippen molar-refractivity contribution >= 4 is 17.2 Å². The number of rotatable bonds is 4. The normalized spacial score (nSPS) is 17.3. The molecule has 1 aliphatic rings. The van der Waals surface area contributed by atoms with Gasteiger partial charge in [-0.1, -0.05) is 24.3 Å². The van der Waals surface area contributed by atoms with Crippen molar-refractivity contribution in [1.82, 2.24) is 10.4 Å². The number of nitrogens with one attached hydrogen (secondary N) is 1. The van der Waals surface area contributed by atoms with Gasteiger partial charge in [-0.25, -0.2) is 10.8 Å². The zero-order valence-electron chi connectivity index (χ0n) is 11.5. The minimum absolute atomic E-state index is 0.114. The van der Waals surface area contributed by atoms with Crippen LogP contribution in [0, 0.1) is 0 Å². The van der Waals surface area contributed by atoms with Crippen LogP contribution in [0.15, 0.2) is 29.6 Å². The summed E-state index contributed by atoms with van der Waals surface area (Å²) in [5, 5.41) is 2.19. The molecule has 110 valence electrons. The number of carbonyl (C=O) groups excluding carboxylic acids is 1. The van der Waals surface area contributed by atoms with Gasteiger partial charge in [0.2, 0.25) is 0 Å². The van der Waals surface area contributed by atoms with E-state index in [0.717, 1.165) is 25.0 Å². The van der Waals surface area contributed by atoms with Crippen LogP contribution >= 0.6 is 11.3 Å². The number of ether oxygens (including phenoxy) is 1. The van der Waals surface area contributed by atoms with E-state index in [1.165, 1.54) is 22.5 Å². The lowest BCUT2D eigenvalue weighted by atomic mass is 9.89. The van der Waals surface area contributed by atoms with E-state index in [0.29, 0.717) is 11.6 Å². The Balaban J connectivity index is 1.66. The molecule has 3 rings (SSSR count). The molecule has 0 aliphatic heterocycles. The average molecular weight is 303 g/mol. The van der Waals surface area contributed by atoms with Crippen LogP contribution in [0.5, 0.6) is 0 Å². The van der Waals surface area contributed by atoms with E-state index in [1.54, 1.807) is 0 Å². The summed E-state index contributed by atoms with van der Waals surface area (Å²) in [6.45, 7) is 0.410. The molecule has 1 aromatic carbocycles. The second-order valence-corrected chi connectivity index (χ2v) is 5.87. The second kappa shape index (κ2) is 6.34. The Hall–Kier alpha value is -1.76. The van der Waals surface area contributed by atoms with E-state index in [1.807, 2.05) is 11.4 Å². The second-order valence-electron chi connectivity index (χ2n) is 5.01. The van der Waals surface area contributed by atoms with Crippen LogP contribution in [-0.4, -0.2) is 10.9 Å². The van der Waals surface area contributed by atoms with Crippen molar-refractivity contribution in [2.75, 3.05) is 0 Å². The van der Waals surface area contributed by atoms with Crippen LogP contribution in [0.25, 0.3) is 0 Å². The van der Waals surface area contributed by atoms with E-state index in [9.17, 15) is 4.79 Å². The SMILES string of the molecule is NNC(=O)c1nc(COC2CCCc3ccccc32)cs1. The molecule has 0 bridgehead atoms. The highest BCUT2D eigenvalue weighted by Gasteiger charge is 2.20. The summed E-state index contributed by atoms with van der Waals surface area (Å²) in [6, 6.07) is 8.41. The fourth-order valence-corrected chi connectivity index (χ4v) is 3.31. The van der Waals surface area contributed by atoms with Crippen molar-refractivity contribution in [3.8, 4) is 0 Å². The smallest absolute Gasteiger partial charge is 0.294 e. The third kappa shape index (κ3) is 3.12. The number of aromatic nitrogens is 1. The summed E-state index contributed by atoms with van der Waals surface area (Å²) in [5.74, 6) is 4.73. The summed E-state index contributed by atoms with van der Waals surface area (Å²) >= 11 is 1.27. The minimum Gasteiger partial charge on any atom is -0.367 e. The molecule has 6 heteroatoms. The van der Waals surface area contributed by atoms with Crippen LogP contribution in [-0.2, 0) is 17.8 Å². The first-order valence-electron chi connectivity index (χ1n) is 6.92. The first kappa shape index (κ1) is 14.2. The van der Waals surface area contributed by atoms with Gasteiger partial charge in [-0.2, -0.15) is 0 Å². The number of benzene rings is 1. The van der Waals surface area contributed by atoms with E-state index in [-0.39, 0.29) is 12.0 Å². The topological polar surface area (TPSA) is 77.2 Å². The predicted octanol–water partition coefficient (Wildman–Crippen LogP) is 2.34. The maximum absolute atomic E-state index is 11.4. The number of hydrogen-bond acceptors (Lipinski definition) is 5. The quantitative estimate of drug-likeness (QED) is 0.516. The minimum atomic E-state index is -0.366. The fourth-order valence-electron chi connectivity index (χ4n) is 2.61. The first-order chi connectivity index (χ1) is 10.3. The summed E-state index contributed by atoms with van der Waals surface area (Å²) < 4.78 is 6.00. The molecule has 0 fully saturated rings. The summed E-state index contributed by atoms with van der Waals surface area (Å²) in [4.78, 5) is 15.6. The standard InChI is InChI=1S/C15H17N3O2S/c16-18-14(19)15-17-11(9-21-15)8-20-13-7-3-5-10-4-1-2-6-12(10)13/h1-2,4,6,9,13H,3,5,7-8,16H2,(H,18,19). The van der Waals surface area contributed by atoms with Crippen molar-refractivity contribution in [2.45, 2.75) is 32.0 Å². The van der Waals surface area contributed by atoms with Crippen LogP contribution in [0.1, 0.15) is 45.6 Å². The van der Waals surface area contributed by atoms with Gasteiger partial charge in [0, 0.05) is 5.38 Å². The van der Waals surface area contributed by atoms with Crippen LogP contribution in [0.2, 0.25) is 0 Å². The van der Waals surface area contributed by atoms with Gasteiger partial charge in [-0.3, -0.25) is 10.2 Å². The molecule has 1 aliphatic carbocycles. The molecule has 1 unspecified atom stereocenters. The highest BCUT2D eigenvalue weighted by atomic mass is 32.1. The fraction of sp³-hybridized carbons (Fsp3) is 0.333. The number of fused-ring (bicyclic) bond motifs is 1.